The molecule has 90 valence electrons. The smallest absolute Gasteiger partial charge is 0.0153 e. The van der Waals surface area contributed by atoms with Gasteiger partial charge in [-0.1, -0.05) is 0 Å². The topological polar surface area (TPSA) is 15.3 Å². The van der Waals surface area contributed by atoms with E-state index in [0.717, 1.165) is 6.54 Å². The van der Waals surface area contributed by atoms with Gasteiger partial charge in [-0.05, 0) is 73.5 Å². The Morgan fingerprint density at radius 2 is 1.93 bits per heavy atom. The van der Waals surface area contributed by atoms with Gasteiger partial charge < -0.3 is 5.32 Å². The van der Waals surface area contributed by atoms with Crippen LogP contribution in [0.3, 0.4) is 0 Å². The van der Waals surface area contributed by atoms with E-state index in [4.69, 9.17) is 0 Å². The van der Waals surface area contributed by atoms with E-state index >= 15 is 0 Å². The Hall–Kier alpha value is -0.0800. The SMILES string of the molecule is CC(C)(C)NCCCN1CCCC1(C)C. The zero-order chi connectivity index (χ0) is 11.5. The molecule has 1 fully saturated rings. The molecule has 0 aromatic rings. The van der Waals surface area contributed by atoms with Crippen LogP contribution in [0.1, 0.15) is 53.9 Å². The molecule has 1 heterocycles. The number of nitrogens with one attached hydrogen (secondary N) is 1. The summed E-state index contributed by atoms with van der Waals surface area (Å²) in [4.78, 5) is 2.64. The molecule has 0 unspecified atom stereocenters. The molecule has 0 aliphatic carbocycles. The lowest BCUT2D eigenvalue weighted by molar-refractivity contribution is 0.171. The zero-order valence-electron chi connectivity index (χ0n) is 11.2. The number of hydrogen-bond acceptors (Lipinski definition) is 2. The van der Waals surface area contributed by atoms with Crippen LogP contribution in [0, 0.1) is 0 Å². The summed E-state index contributed by atoms with van der Waals surface area (Å²) in [6.45, 7) is 15.1. The van der Waals surface area contributed by atoms with Crippen molar-refractivity contribution >= 4 is 0 Å². The molecule has 2 heteroatoms. The van der Waals surface area contributed by atoms with Crippen LogP contribution in [0.2, 0.25) is 0 Å². The van der Waals surface area contributed by atoms with Gasteiger partial charge in [0.15, 0.2) is 0 Å². The number of hydrogen-bond donors (Lipinski definition) is 1. The van der Waals surface area contributed by atoms with Gasteiger partial charge in [-0.15, -0.1) is 0 Å². The highest BCUT2D eigenvalue weighted by Crippen LogP contribution is 2.27. The normalized spacial score (nSPS) is 22.2. The molecule has 0 radical (unpaired) electrons. The molecule has 0 amide bonds. The average molecular weight is 212 g/mol. The second kappa shape index (κ2) is 4.84. The molecule has 1 saturated heterocycles. The Morgan fingerprint density at radius 1 is 1.27 bits per heavy atom. The summed E-state index contributed by atoms with van der Waals surface area (Å²) in [5.41, 5.74) is 0.711. The zero-order valence-corrected chi connectivity index (χ0v) is 11.2. The second-order valence-corrected chi connectivity index (χ2v) is 6.43. The molecular weight excluding hydrogens is 184 g/mol. The van der Waals surface area contributed by atoms with Crippen molar-refractivity contribution in [2.75, 3.05) is 19.6 Å². The molecule has 0 atom stereocenters. The van der Waals surface area contributed by atoms with E-state index in [9.17, 15) is 0 Å². The molecule has 1 rings (SSSR count). The molecule has 1 N–H and O–H groups in total. The maximum atomic E-state index is 3.55. The van der Waals surface area contributed by atoms with Crippen LogP contribution in [0.4, 0.5) is 0 Å². The molecular formula is C13H28N2. The number of likely N-dealkylation sites (tertiary alicyclic amines) is 1. The van der Waals surface area contributed by atoms with Crippen molar-refractivity contribution in [3.8, 4) is 0 Å². The fourth-order valence-electron chi connectivity index (χ4n) is 2.31. The minimum absolute atomic E-state index is 0.264. The molecule has 1 aliphatic rings. The molecule has 15 heavy (non-hydrogen) atoms. The van der Waals surface area contributed by atoms with E-state index in [1.165, 1.54) is 32.4 Å². The minimum Gasteiger partial charge on any atom is -0.312 e. The first kappa shape index (κ1) is 13.0. The highest BCUT2D eigenvalue weighted by atomic mass is 15.2. The molecule has 0 spiro atoms. The fourth-order valence-corrected chi connectivity index (χ4v) is 2.31. The van der Waals surface area contributed by atoms with Crippen LogP contribution in [0.15, 0.2) is 0 Å². The van der Waals surface area contributed by atoms with Crippen LogP contribution < -0.4 is 5.32 Å². The summed E-state index contributed by atoms with van der Waals surface area (Å²) in [6, 6.07) is 0. The highest BCUT2D eigenvalue weighted by Gasteiger charge is 2.30. The van der Waals surface area contributed by atoms with E-state index in [1.54, 1.807) is 0 Å². The Morgan fingerprint density at radius 3 is 2.40 bits per heavy atom. The summed E-state index contributed by atoms with van der Waals surface area (Å²) in [7, 11) is 0. The Labute approximate surface area is 95.4 Å². The maximum Gasteiger partial charge on any atom is 0.0153 e. The van der Waals surface area contributed by atoms with Gasteiger partial charge in [0.05, 0.1) is 0 Å². The first-order valence-corrected chi connectivity index (χ1v) is 6.31. The van der Waals surface area contributed by atoms with Gasteiger partial charge in [-0.3, -0.25) is 4.90 Å². The van der Waals surface area contributed by atoms with E-state index in [2.05, 4.69) is 44.8 Å². The van der Waals surface area contributed by atoms with E-state index in [1.807, 2.05) is 0 Å². The van der Waals surface area contributed by atoms with Crippen molar-refractivity contribution in [1.82, 2.24) is 10.2 Å². The lowest BCUT2D eigenvalue weighted by atomic mass is 10.0. The van der Waals surface area contributed by atoms with Gasteiger partial charge in [-0.2, -0.15) is 0 Å². The van der Waals surface area contributed by atoms with Crippen LogP contribution in [-0.2, 0) is 0 Å². The fraction of sp³-hybridized carbons (Fsp3) is 1.00. The van der Waals surface area contributed by atoms with Crippen molar-refractivity contribution in [3.05, 3.63) is 0 Å². The third kappa shape index (κ3) is 4.52. The Bertz CT molecular complexity index is 191. The first-order valence-electron chi connectivity index (χ1n) is 6.31. The predicted molar refractivity (Wildman–Crippen MR) is 67.3 cm³/mol. The van der Waals surface area contributed by atoms with E-state index < -0.39 is 0 Å². The molecule has 0 aromatic heterocycles. The van der Waals surface area contributed by atoms with Crippen molar-refractivity contribution in [2.24, 2.45) is 0 Å². The van der Waals surface area contributed by atoms with Crippen molar-refractivity contribution in [1.29, 1.82) is 0 Å². The summed E-state index contributed by atoms with van der Waals surface area (Å²) < 4.78 is 0. The second-order valence-electron chi connectivity index (χ2n) is 6.43. The minimum atomic E-state index is 0.264. The van der Waals surface area contributed by atoms with Crippen LogP contribution >= 0.6 is 0 Å². The molecule has 2 nitrogen and oxygen atoms in total. The van der Waals surface area contributed by atoms with Gasteiger partial charge in [-0.25, -0.2) is 0 Å². The monoisotopic (exact) mass is 212 g/mol. The quantitative estimate of drug-likeness (QED) is 0.721. The third-order valence-electron chi connectivity index (χ3n) is 3.33. The van der Waals surface area contributed by atoms with Crippen molar-refractivity contribution in [2.45, 2.75) is 65.0 Å². The van der Waals surface area contributed by atoms with Gasteiger partial charge in [0.2, 0.25) is 0 Å². The van der Waals surface area contributed by atoms with Crippen LogP contribution in [0.5, 0.6) is 0 Å². The molecule has 0 saturated carbocycles. The highest BCUT2D eigenvalue weighted by molar-refractivity contribution is 4.87. The Balaban J connectivity index is 2.15. The average Bonchev–Trinajstić information content (AvgIpc) is 2.37. The predicted octanol–water partition coefficient (Wildman–Crippen LogP) is 2.64. The molecule has 1 aliphatic heterocycles. The van der Waals surface area contributed by atoms with Gasteiger partial charge >= 0.3 is 0 Å². The van der Waals surface area contributed by atoms with Crippen LogP contribution in [-0.4, -0.2) is 35.6 Å². The molecule has 0 aromatic carbocycles. The van der Waals surface area contributed by atoms with Gasteiger partial charge in [0, 0.05) is 11.1 Å². The first-order chi connectivity index (χ1) is 6.81. The lowest BCUT2D eigenvalue weighted by Gasteiger charge is -2.32. The Kier molecular flexibility index (Phi) is 4.19. The van der Waals surface area contributed by atoms with Gasteiger partial charge in [0.1, 0.15) is 0 Å². The summed E-state index contributed by atoms with van der Waals surface area (Å²) in [6.07, 6.45) is 4.00. The van der Waals surface area contributed by atoms with Crippen molar-refractivity contribution < 1.29 is 0 Å². The number of nitrogens with zero attached hydrogens (tertiary/aromatic N) is 1. The third-order valence-corrected chi connectivity index (χ3v) is 3.33. The van der Waals surface area contributed by atoms with Crippen molar-refractivity contribution in [3.63, 3.8) is 0 Å². The van der Waals surface area contributed by atoms with E-state index in [-0.39, 0.29) is 5.54 Å². The lowest BCUT2D eigenvalue weighted by Crippen LogP contribution is -2.41. The summed E-state index contributed by atoms with van der Waals surface area (Å²) in [5.74, 6) is 0. The van der Waals surface area contributed by atoms with Crippen LogP contribution in [0.25, 0.3) is 0 Å². The van der Waals surface area contributed by atoms with E-state index in [0.29, 0.717) is 5.54 Å². The van der Waals surface area contributed by atoms with Gasteiger partial charge in [0.25, 0.3) is 0 Å². The standard InChI is InChI=1S/C13H28N2/c1-12(2,3)14-9-7-11-15-10-6-8-13(15,4)5/h14H,6-11H2,1-5H3. The molecule has 0 bridgehead atoms. The summed E-state index contributed by atoms with van der Waals surface area (Å²) in [5, 5.41) is 3.55. The number of rotatable bonds is 4. The maximum absolute atomic E-state index is 3.55. The largest absolute Gasteiger partial charge is 0.312 e. The summed E-state index contributed by atoms with van der Waals surface area (Å²) >= 11 is 0.